The molecule has 1 fully saturated rings. The van der Waals surface area contributed by atoms with Crippen molar-refractivity contribution < 1.29 is 9.53 Å². The zero-order chi connectivity index (χ0) is 15.0. The van der Waals surface area contributed by atoms with Crippen molar-refractivity contribution in [2.24, 2.45) is 11.0 Å². The predicted octanol–water partition coefficient (Wildman–Crippen LogP) is 1.36. The Hall–Kier alpha value is -2.86. The fraction of sp³-hybridized carbons (Fsp3) is 0.333. The number of methoxy groups -OCH3 is 1. The molecule has 0 N–H and O–H groups in total. The van der Waals surface area contributed by atoms with Gasteiger partial charge >= 0.3 is 5.97 Å². The molecule has 0 radical (unpaired) electrons. The standard InChI is InChI=1S/C15H12N4O2/c1-21-14(20)12-6-15(8-16,9-17)19-13(12)11-5-3-2-4-10(11)7-18-19/h2-5,7,12-13H,6H2,1H3/t12-,13?/m1/s1. The number of rotatable bonds is 1. The number of hydrogen-bond acceptors (Lipinski definition) is 6. The highest BCUT2D eigenvalue weighted by atomic mass is 16.5. The third-order valence-corrected chi connectivity index (χ3v) is 4.06. The van der Waals surface area contributed by atoms with E-state index < -0.39 is 23.5 Å². The molecule has 0 spiro atoms. The van der Waals surface area contributed by atoms with Gasteiger partial charge in [-0.05, 0) is 11.1 Å². The molecule has 6 heteroatoms. The number of ether oxygens (including phenoxy) is 1. The number of fused-ring (bicyclic) bond motifs is 3. The number of carbonyl (C=O) groups excluding carboxylic acids is 1. The van der Waals surface area contributed by atoms with E-state index >= 15 is 0 Å². The van der Waals surface area contributed by atoms with E-state index in [-0.39, 0.29) is 6.42 Å². The third-order valence-electron chi connectivity index (χ3n) is 4.06. The number of benzene rings is 1. The summed E-state index contributed by atoms with van der Waals surface area (Å²) in [6.45, 7) is 0. The van der Waals surface area contributed by atoms with Gasteiger partial charge in [-0.25, -0.2) is 0 Å². The van der Waals surface area contributed by atoms with Crippen LogP contribution in [-0.2, 0) is 9.53 Å². The molecule has 1 saturated heterocycles. The summed E-state index contributed by atoms with van der Waals surface area (Å²) in [7, 11) is 1.31. The third kappa shape index (κ3) is 1.70. The Morgan fingerprint density at radius 1 is 1.43 bits per heavy atom. The first kappa shape index (κ1) is 13.1. The molecule has 2 atom stereocenters. The second-order valence-electron chi connectivity index (χ2n) is 5.08. The van der Waals surface area contributed by atoms with Crippen molar-refractivity contribution in [3.8, 4) is 12.1 Å². The molecule has 0 amide bonds. The van der Waals surface area contributed by atoms with Crippen LogP contribution in [0.1, 0.15) is 23.6 Å². The van der Waals surface area contributed by atoms with Gasteiger partial charge in [-0.3, -0.25) is 9.80 Å². The van der Waals surface area contributed by atoms with Crippen LogP contribution >= 0.6 is 0 Å². The van der Waals surface area contributed by atoms with Gasteiger partial charge in [0.2, 0.25) is 5.54 Å². The topological polar surface area (TPSA) is 89.5 Å². The predicted molar refractivity (Wildman–Crippen MR) is 72.7 cm³/mol. The van der Waals surface area contributed by atoms with Gasteiger partial charge < -0.3 is 4.74 Å². The number of esters is 1. The minimum absolute atomic E-state index is 0.0863. The minimum atomic E-state index is -1.44. The van der Waals surface area contributed by atoms with Crippen LogP contribution in [0.3, 0.4) is 0 Å². The molecule has 0 aliphatic carbocycles. The van der Waals surface area contributed by atoms with E-state index in [1.165, 1.54) is 12.1 Å². The summed E-state index contributed by atoms with van der Waals surface area (Å²) < 4.78 is 4.84. The number of hydrogen-bond donors (Lipinski definition) is 0. The molecule has 6 nitrogen and oxygen atoms in total. The van der Waals surface area contributed by atoms with Gasteiger partial charge in [-0.1, -0.05) is 24.3 Å². The van der Waals surface area contributed by atoms with Crippen molar-refractivity contribution in [2.75, 3.05) is 7.11 Å². The zero-order valence-corrected chi connectivity index (χ0v) is 11.4. The summed E-state index contributed by atoms with van der Waals surface area (Å²) in [5.74, 6) is -1.02. The minimum Gasteiger partial charge on any atom is -0.469 e. The molecule has 2 aliphatic rings. The van der Waals surface area contributed by atoms with Crippen LogP contribution in [-0.4, -0.2) is 29.8 Å². The Balaban J connectivity index is 2.17. The zero-order valence-electron chi connectivity index (χ0n) is 11.4. The summed E-state index contributed by atoms with van der Waals surface area (Å²) in [5, 5.41) is 24.6. The number of hydrazone groups is 1. The van der Waals surface area contributed by atoms with E-state index in [2.05, 4.69) is 5.10 Å². The van der Waals surface area contributed by atoms with Gasteiger partial charge in [0.1, 0.15) is 12.1 Å². The van der Waals surface area contributed by atoms with E-state index in [1.54, 1.807) is 6.21 Å². The first-order valence-corrected chi connectivity index (χ1v) is 6.49. The molecule has 1 unspecified atom stereocenters. The lowest BCUT2D eigenvalue weighted by atomic mass is 9.88. The van der Waals surface area contributed by atoms with E-state index in [0.29, 0.717) is 0 Å². The van der Waals surface area contributed by atoms with Gasteiger partial charge in [-0.2, -0.15) is 15.6 Å². The lowest BCUT2D eigenvalue weighted by molar-refractivity contribution is -0.146. The molecule has 2 aliphatic heterocycles. The Kier molecular flexibility index (Phi) is 2.88. The van der Waals surface area contributed by atoms with Crippen molar-refractivity contribution in [1.82, 2.24) is 5.01 Å². The summed E-state index contributed by atoms with van der Waals surface area (Å²) >= 11 is 0. The van der Waals surface area contributed by atoms with Crippen molar-refractivity contribution in [3.05, 3.63) is 35.4 Å². The van der Waals surface area contributed by atoms with Gasteiger partial charge in [0.15, 0.2) is 0 Å². The van der Waals surface area contributed by atoms with Crippen LogP contribution in [0.4, 0.5) is 0 Å². The highest BCUT2D eigenvalue weighted by molar-refractivity contribution is 5.85. The summed E-state index contributed by atoms with van der Waals surface area (Å²) in [6.07, 6.45) is 1.71. The Labute approximate surface area is 121 Å². The fourth-order valence-corrected chi connectivity index (χ4v) is 3.05. The largest absolute Gasteiger partial charge is 0.469 e. The highest BCUT2D eigenvalue weighted by Gasteiger charge is 2.57. The molecule has 0 aromatic heterocycles. The molecule has 21 heavy (non-hydrogen) atoms. The molecule has 0 bridgehead atoms. The van der Waals surface area contributed by atoms with E-state index in [0.717, 1.165) is 11.1 Å². The van der Waals surface area contributed by atoms with Gasteiger partial charge in [0.05, 0.1) is 25.3 Å². The van der Waals surface area contributed by atoms with E-state index in [9.17, 15) is 15.3 Å². The Bertz CT molecular complexity index is 699. The van der Waals surface area contributed by atoms with Gasteiger partial charge in [0, 0.05) is 6.42 Å². The van der Waals surface area contributed by atoms with Gasteiger partial charge in [-0.15, -0.1) is 0 Å². The van der Waals surface area contributed by atoms with Crippen molar-refractivity contribution in [3.63, 3.8) is 0 Å². The van der Waals surface area contributed by atoms with Crippen LogP contribution in [0.2, 0.25) is 0 Å². The average Bonchev–Trinajstić information content (AvgIpc) is 2.89. The maximum Gasteiger partial charge on any atom is 0.311 e. The summed E-state index contributed by atoms with van der Waals surface area (Å²) in [6, 6.07) is 11.1. The summed E-state index contributed by atoms with van der Waals surface area (Å²) in [5.41, 5.74) is 0.336. The number of nitrogens with zero attached hydrogens (tertiary/aromatic N) is 4. The van der Waals surface area contributed by atoms with Crippen molar-refractivity contribution in [1.29, 1.82) is 10.5 Å². The maximum absolute atomic E-state index is 12.1. The molecule has 2 heterocycles. The van der Waals surface area contributed by atoms with Crippen molar-refractivity contribution in [2.45, 2.75) is 18.0 Å². The molecular weight excluding hydrogens is 268 g/mol. The molecule has 3 rings (SSSR count). The fourth-order valence-electron chi connectivity index (χ4n) is 3.05. The molecule has 0 saturated carbocycles. The van der Waals surface area contributed by atoms with Crippen LogP contribution in [0.25, 0.3) is 0 Å². The summed E-state index contributed by atoms with van der Waals surface area (Å²) in [4.78, 5) is 12.1. The Morgan fingerprint density at radius 2 is 2.14 bits per heavy atom. The number of nitriles is 2. The van der Waals surface area contributed by atoms with Crippen LogP contribution in [0.15, 0.2) is 29.4 Å². The van der Waals surface area contributed by atoms with Crippen LogP contribution in [0, 0.1) is 28.6 Å². The lowest BCUT2D eigenvalue weighted by Gasteiger charge is -2.33. The average molecular weight is 280 g/mol. The first-order chi connectivity index (χ1) is 10.2. The monoisotopic (exact) mass is 280 g/mol. The first-order valence-electron chi connectivity index (χ1n) is 6.49. The highest BCUT2D eigenvalue weighted by Crippen LogP contribution is 2.49. The van der Waals surface area contributed by atoms with E-state index in [4.69, 9.17) is 4.74 Å². The smallest absolute Gasteiger partial charge is 0.311 e. The molecule has 104 valence electrons. The molecular formula is C15H12N4O2. The number of carbonyl (C=O) groups is 1. The van der Waals surface area contributed by atoms with Crippen LogP contribution < -0.4 is 0 Å². The Morgan fingerprint density at radius 3 is 2.81 bits per heavy atom. The normalized spacial score (nSPS) is 24.4. The molecule has 1 aromatic carbocycles. The van der Waals surface area contributed by atoms with Gasteiger partial charge in [0.25, 0.3) is 0 Å². The van der Waals surface area contributed by atoms with Crippen molar-refractivity contribution >= 4 is 12.2 Å². The lowest BCUT2D eigenvalue weighted by Crippen LogP contribution is -2.40. The molecule has 1 aromatic rings. The van der Waals surface area contributed by atoms with E-state index in [1.807, 2.05) is 36.4 Å². The second kappa shape index (κ2) is 4.60. The quantitative estimate of drug-likeness (QED) is 0.724. The SMILES string of the molecule is COC(=O)[C@@H]1CC(C#N)(C#N)N2N=Cc3ccccc3C12. The van der Waals surface area contributed by atoms with Crippen LogP contribution in [0.5, 0.6) is 0 Å². The second-order valence-corrected chi connectivity index (χ2v) is 5.08. The maximum atomic E-state index is 12.1.